The van der Waals surface area contributed by atoms with Crippen LogP contribution in [0.1, 0.15) is 12.8 Å². The third-order valence-electron chi connectivity index (χ3n) is 3.05. The lowest BCUT2D eigenvalue weighted by Crippen LogP contribution is -2.48. The zero-order chi connectivity index (χ0) is 14.7. The molecular formula is C12H16N4O4. The largest absolute Gasteiger partial charge is 0.481 e. The van der Waals surface area contributed by atoms with Gasteiger partial charge >= 0.3 is 0 Å². The Morgan fingerprint density at radius 1 is 1.25 bits per heavy atom. The summed E-state index contributed by atoms with van der Waals surface area (Å²) >= 11 is 0. The number of imide groups is 1. The van der Waals surface area contributed by atoms with E-state index in [2.05, 4.69) is 15.3 Å². The highest BCUT2D eigenvalue weighted by Gasteiger charge is 2.32. The number of anilines is 1. The van der Waals surface area contributed by atoms with Crippen molar-refractivity contribution >= 4 is 17.8 Å². The number of hydrogen-bond acceptors (Lipinski definition) is 7. The molecule has 0 bridgehead atoms. The minimum absolute atomic E-state index is 0.183. The SMILES string of the molecule is COc1cc(OC)nc(NC2CCC(=O)N(C)C2=O)n1. The van der Waals surface area contributed by atoms with Gasteiger partial charge in [-0.2, -0.15) is 9.97 Å². The molecule has 0 aliphatic carbocycles. The molecule has 1 fully saturated rings. The van der Waals surface area contributed by atoms with E-state index in [0.29, 0.717) is 24.6 Å². The number of carbonyl (C=O) groups is 2. The van der Waals surface area contributed by atoms with Crippen LogP contribution in [0.5, 0.6) is 11.8 Å². The van der Waals surface area contributed by atoms with Crippen molar-refractivity contribution in [3.05, 3.63) is 6.07 Å². The maximum absolute atomic E-state index is 12.0. The molecular weight excluding hydrogens is 264 g/mol. The van der Waals surface area contributed by atoms with Gasteiger partial charge in [0.25, 0.3) is 5.91 Å². The van der Waals surface area contributed by atoms with Crippen LogP contribution in [0.2, 0.25) is 0 Å². The molecule has 8 heteroatoms. The topological polar surface area (TPSA) is 93.7 Å². The number of aromatic nitrogens is 2. The molecule has 1 N–H and O–H groups in total. The van der Waals surface area contributed by atoms with E-state index in [1.165, 1.54) is 27.3 Å². The minimum Gasteiger partial charge on any atom is -0.481 e. The highest BCUT2D eigenvalue weighted by atomic mass is 16.5. The third-order valence-corrected chi connectivity index (χ3v) is 3.05. The highest BCUT2D eigenvalue weighted by Crippen LogP contribution is 2.20. The number of amides is 2. The first kappa shape index (κ1) is 14.0. The number of ether oxygens (including phenoxy) is 2. The molecule has 108 valence electrons. The standard InChI is InChI=1S/C12H16N4O4/c1-16-10(17)5-4-7(11(16)18)13-12-14-8(19-2)6-9(15-12)20-3/h6-7H,4-5H2,1-3H3,(H,13,14,15). The van der Waals surface area contributed by atoms with Crippen molar-refractivity contribution in [3.8, 4) is 11.8 Å². The molecule has 0 spiro atoms. The summed E-state index contributed by atoms with van der Waals surface area (Å²) in [7, 11) is 4.42. The van der Waals surface area contributed by atoms with Crippen molar-refractivity contribution in [2.75, 3.05) is 26.6 Å². The lowest BCUT2D eigenvalue weighted by molar-refractivity contribution is -0.146. The van der Waals surface area contributed by atoms with Gasteiger partial charge in [-0.15, -0.1) is 0 Å². The van der Waals surface area contributed by atoms with Gasteiger partial charge in [0.15, 0.2) is 0 Å². The van der Waals surface area contributed by atoms with Crippen molar-refractivity contribution in [2.45, 2.75) is 18.9 Å². The molecule has 1 aliphatic rings. The number of rotatable bonds is 4. The Morgan fingerprint density at radius 3 is 2.40 bits per heavy atom. The van der Waals surface area contributed by atoms with Crippen LogP contribution in [0.4, 0.5) is 5.95 Å². The number of methoxy groups -OCH3 is 2. The molecule has 1 aromatic heterocycles. The summed E-state index contributed by atoms with van der Waals surface area (Å²) in [4.78, 5) is 32.7. The summed E-state index contributed by atoms with van der Waals surface area (Å²) in [6.07, 6.45) is 0.714. The number of likely N-dealkylation sites (tertiary alicyclic amines) is 1. The van der Waals surface area contributed by atoms with Crippen LogP contribution in [-0.4, -0.2) is 54.0 Å². The Kier molecular flexibility index (Phi) is 4.02. The van der Waals surface area contributed by atoms with Gasteiger partial charge in [0.05, 0.1) is 20.3 Å². The summed E-state index contributed by atoms with van der Waals surface area (Å²) < 4.78 is 10.1. The fourth-order valence-corrected chi connectivity index (χ4v) is 1.88. The van der Waals surface area contributed by atoms with Crippen LogP contribution in [0.15, 0.2) is 6.07 Å². The minimum atomic E-state index is -0.533. The Morgan fingerprint density at radius 2 is 1.85 bits per heavy atom. The molecule has 1 unspecified atom stereocenters. The van der Waals surface area contributed by atoms with E-state index in [-0.39, 0.29) is 17.8 Å². The van der Waals surface area contributed by atoms with Crippen LogP contribution in [0.3, 0.4) is 0 Å². The zero-order valence-electron chi connectivity index (χ0n) is 11.5. The van der Waals surface area contributed by atoms with E-state index in [0.717, 1.165) is 4.90 Å². The Balaban J connectivity index is 2.17. The van der Waals surface area contributed by atoms with Gasteiger partial charge in [-0.3, -0.25) is 14.5 Å². The number of carbonyl (C=O) groups excluding carboxylic acids is 2. The Hall–Kier alpha value is -2.38. The van der Waals surface area contributed by atoms with Gasteiger partial charge in [-0.05, 0) is 6.42 Å². The number of nitrogens with one attached hydrogen (secondary N) is 1. The molecule has 2 rings (SSSR count). The number of hydrogen-bond donors (Lipinski definition) is 1. The van der Waals surface area contributed by atoms with Crippen molar-refractivity contribution in [1.29, 1.82) is 0 Å². The van der Waals surface area contributed by atoms with E-state index in [9.17, 15) is 9.59 Å². The predicted octanol–water partition coefficient (Wildman–Crippen LogP) is 0.0531. The van der Waals surface area contributed by atoms with Gasteiger partial charge in [0.2, 0.25) is 23.6 Å². The number of nitrogens with zero attached hydrogens (tertiary/aromatic N) is 3. The molecule has 2 heterocycles. The average Bonchev–Trinajstić information content (AvgIpc) is 2.47. The predicted molar refractivity (Wildman–Crippen MR) is 69.6 cm³/mol. The van der Waals surface area contributed by atoms with Crippen LogP contribution < -0.4 is 14.8 Å². The molecule has 0 saturated carbocycles. The van der Waals surface area contributed by atoms with Gasteiger partial charge in [0, 0.05) is 13.5 Å². The summed E-state index contributed by atoms with van der Waals surface area (Å²) in [5, 5.41) is 2.91. The number of piperidine rings is 1. The van der Waals surface area contributed by atoms with Crippen LogP contribution in [-0.2, 0) is 9.59 Å². The molecule has 8 nitrogen and oxygen atoms in total. The van der Waals surface area contributed by atoms with Gasteiger partial charge in [-0.25, -0.2) is 0 Å². The number of likely N-dealkylation sites (N-methyl/N-ethyl adjacent to an activating group) is 1. The van der Waals surface area contributed by atoms with E-state index in [1.54, 1.807) is 0 Å². The van der Waals surface area contributed by atoms with Gasteiger partial charge in [-0.1, -0.05) is 0 Å². The fraction of sp³-hybridized carbons (Fsp3) is 0.500. The first-order valence-electron chi connectivity index (χ1n) is 6.09. The van der Waals surface area contributed by atoms with Crippen LogP contribution in [0, 0.1) is 0 Å². The van der Waals surface area contributed by atoms with Crippen LogP contribution in [0.25, 0.3) is 0 Å². The normalized spacial score (nSPS) is 18.9. The zero-order valence-corrected chi connectivity index (χ0v) is 11.5. The molecule has 1 aromatic rings. The molecule has 0 radical (unpaired) electrons. The highest BCUT2D eigenvalue weighted by molar-refractivity contribution is 6.01. The molecule has 1 aliphatic heterocycles. The Labute approximate surface area is 116 Å². The molecule has 20 heavy (non-hydrogen) atoms. The second-order valence-electron chi connectivity index (χ2n) is 4.30. The second kappa shape index (κ2) is 5.72. The molecule has 1 saturated heterocycles. The summed E-state index contributed by atoms with van der Waals surface area (Å²) in [6, 6.07) is 0.998. The lowest BCUT2D eigenvalue weighted by Gasteiger charge is -2.28. The molecule has 2 amide bonds. The lowest BCUT2D eigenvalue weighted by atomic mass is 10.1. The average molecular weight is 280 g/mol. The Bertz CT molecular complexity index is 512. The van der Waals surface area contributed by atoms with Gasteiger partial charge < -0.3 is 14.8 Å². The van der Waals surface area contributed by atoms with Crippen molar-refractivity contribution < 1.29 is 19.1 Å². The second-order valence-corrected chi connectivity index (χ2v) is 4.30. The third kappa shape index (κ3) is 2.79. The quantitative estimate of drug-likeness (QED) is 0.779. The van der Waals surface area contributed by atoms with Crippen molar-refractivity contribution in [3.63, 3.8) is 0 Å². The van der Waals surface area contributed by atoms with E-state index >= 15 is 0 Å². The summed E-state index contributed by atoms with van der Waals surface area (Å²) in [6.45, 7) is 0. The molecule has 0 aromatic carbocycles. The summed E-state index contributed by atoms with van der Waals surface area (Å²) in [5.74, 6) is 0.394. The van der Waals surface area contributed by atoms with E-state index in [4.69, 9.17) is 9.47 Å². The van der Waals surface area contributed by atoms with Crippen LogP contribution >= 0.6 is 0 Å². The maximum atomic E-state index is 12.0. The molecule has 1 atom stereocenters. The van der Waals surface area contributed by atoms with Crippen molar-refractivity contribution in [2.24, 2.45) is 0 Å². The van der Waals surface area contributed by atoms with E-state index < -0.39 is 6.04 Å². The summed E-state index contributed by atoms with van der Waals surface area (Å²) in [5.41, 5.74) is 0. The van der Waals surface area contributed by atoms with Crippen molar-refractivity contribution in [1.82, 2.24) is 14.9 Å². The fourth-order valence-electron chi connectivity index (χ4n) is 1.88. The first-order valence-corrected chi connectivity index (χ1v) is 6.09. The first-order chi connectivity index (χ1) is 9.55. The van der Waals surface area contributed by atoms with Gasteiger partial charge in [0.1, 0.15) is 6.04 Å². The monoisotopic (exact) mass is 280 g/mol. The van der Waals surface area contributed by atoms with E-state index in [1.807, 2.05) is 0 Å². The smallest absolute Gasteiger partial charge is 0.251 e. The maximum Gasteiger partial charge on any atom is 0.251 e.